The number of carbonyl (C=O) groups is 1. The highest BCUT2D eigenvalue weighted by atomic mass is 16.5. The fourth-order valence-corrected chi connectivity index (χ4v) is 3.13. The first-order chi connectivity index (χ1) is 10.2. The molecule has 2 aliphatic rings. The molecule has 5 heteroatoms. The molecule has 1 aromatic rings. The van der Waals surface area contributed by atoms with Gasteiger partial charge in [0, 0.05) is 31.2 Å². The third kappa shape index (κ3) is 3.41. The van der Waals surface area contributed by atoms with E-state index in [4.69, 9.17) is 4.74 Å². The van der Waals surface area contributed by atoms with Crippen LogP contribution in [0.3, 0.4) is 0 Å². The van der Waals surface area contributed by atoms with Gasteiger partial charge in [-0.25, -0.2) is 4.98 Å². The zero-order valence-electron chi connectivity index (χ0n) is 12.6. The van der Waals surface area contributed by atoms with Crippen LogP contribution < -0.4 is 0 Å². The van der Waals surface area contributed by atoms with Crippen molar-refractivity contribution in [3.05, 3.63) is 29.6 Å². The van der Waals surface area contributed by atoms with E-state index in [1.807, 2.05) is 17.0 Å². The van der Waals surface area contributed by atoms with Crippen LogP contribution in [-0.4, -0.2) is 67.1 Å². The van der Waals surface area contributed by atoms with Gasteiger partial charge in [-0.1, -0.05) is 6.07 Å². The Bertz CT molecular complexity index is 500. The summed E-state index contributed by atoms with van der Waals surface area (Å²) in [5.74, 6) is 0.477. The number of hydrogen-bond acceptors (Lipinski definition) is 4. The van der Waals surface area contributed by atoms with Gasteiger partial charge in [0.2, 0.25) is 0 Å². The molecule has 2 aliphatic heterocycles. The Balaban J connectivity index is 1.74. The second-order valence-electron chi connectivity index (χ2n) is 5.95. The first kappa shape index (κ1) is 14.5. The van der Waals surface area contributed by atoms with Crippen LogP contribution >= 0.6 is 0 Å². The standard InChI is InChI=1S/C16H23N3O2/c1-18-7-3-4-13(12-18)14-5-2-6-15(17-14)16(20)19-8-10-21-11-9-19/h2,5-6,13H,3-4,7-12H2,1H3/t13-/m0/s1. The van der Waals surface area contributed by atoms with Crippen LogP contribution in [0, 0.1) is 0 Å². The normalized spacial score (nSPS) is 24.0. The predicted octanol–water partition coefficient (Wildman–Crippen LogP) is 1.36. The maximum atomic E-state index is 12.5. The van der Waals surface area contributed by atoms with Crippen molar-refractivity contribution in [2.24, 2.45) is 0 Å². The molecule has 0 N–H and O–H groups in total. The van der Waals surface area contributed by atoms with Crippen molar-refractivity contribution < 1.29 is 9.53 Å². The molecule has 0 radical (unpaired) electrons. The molecule has 0 aromatic carbocycles. The topological polar surface area (TPSA) is 45.7 Å². The molecular formula is C16H23N3O2. The van der Waals surface area contributed by atoms with Crippen LogP contribution in [0.15, 0.2) is 18.2 Å². The highest BCUT2D eigenvalue weighted by Gasteiger charge is 2.23. The Morgan fingerprint density at radius 1 is 1.29 bits per heavy atom. The Hall–Kier alpha value is -1.46. The quantitative estimate of drug-likeness (QED) is 0.825. The summed E-state index contributed by atoms with van der Waals surface area (Å²) in [6.45, 7) is 4.76. The first-order valence-electron chi connectivity index (χ1n) is 7.76. The van der Waals surface area contributed by atoms with Crippen molar-refractivity contribution >= 4 is 5.91 Å². The largest absolute Gasteiger partial charge is 0.378 e. The van der Waals surface area contributed by atoms with Crippen LogP contribution in [0.25, 0.3) is 0 Å². The van der Waals surface area contributed by atoms with E-state index in [0.29, 0.717) is 37.9 Å². The number of ether oxygens (including phenoxy) is 1. The summed E-state index contributed by atoms with van der Waals surface area (Å²) in [4.78, 5) is 21.3. The Morgan fingerprint density at radius 2 is 2.10 bits per heavy atom. The molecule has 2 fully saturated rings. The van der Waals surface area contributed by atoms with E-state index in [9.17, 15) is 4.79 Å². The fraction of sp³-hybridized carbons (Fsp3) is 0.625. The van der Waals surface area contributed by atoms with Gasteiger partial charge in [0.05, 0.1) is 13.2 Å². The van der Waals surface area contributed by atoms with Gasteiger partial charge in [0.15, 0.2) is 0 Å². The van der Waals surface area contributed by atoms with Gasteiger partial charge in [0.1, 0.15) is 5.69 Å². The summed E-state index contributed by atoms with van der Waals surface area (Å²) >= 11 is 0. The minimum Gasteiger partial charge on any atom is -0.378 e. The second kappa shape index (κ2) is 6.54. The fourth-order valence-electron chi connectivity index (χ4n) is 3.13. The molecule has 2 saturated heterocycles. The number of pyridine rings is 1. The van der Waals surface area contributed by atoms with Crippen molar-refractivity contribution in [1.82, 2.24) is 14.8 Å². The lowest BCUT2D eigenvalue weighted by molar-refractivity contribution is 0.0298. The van der Waals surface area contributed by atoms with Gasteiger partial charge in [-0.15, -0.1) is 0 Å². The summed E-state index contributed by atoms with van der Waals surface area (Å²) < 4.78 is 5.30. The highest BCUT2D eigenvalue weighted by Crippen LogP contribution is 2.25. The van der Waals surface area contributed by atoms with Crippen molar-refractivity contribution in [2.45, 2.75) is 18.8 Å². The van der Waals surface area contributed by atoms with E-state index in [0.717, 1.165) is 25.2 Å². The van der Waals surface area contributed by atoms with Crippen LogP contribution in [0.1, 0.15) is 34.9 Å². The monoisotopic (exact) mass is 289 g/mol. The molecule has 21 heavy (non-hydrogen) atoms. The molecule has 0 saturated carbocycles. The number of morpholine rings is 1. The number of piperidine rings is 1. The molecule has 3 rings (SSSR count). The van der Waals surface area contributed by atoms with E-state index >= 15 is 0 Å². The van der Waals surface area contributed by atoms with Gasteiger partial charge >= 0.3 is 0 Å². The highest BCUT2D eigenvalue weighted by molar-refractivity contribution is 5.92. The Kier molecular flexibility index (Phi) is 4.51. The summed E-state index contributed by atoms with van der Waals surface area (Å²) in [5.41, 5.74) is 1.63. The SMILES string of the molecule is CN1CCC[C@H](c2cccc(C(=O)N3CCOCC3)n2)C1. The van der Waals surface area contributed by atoms with E-state index in [1.54, 1.807) is 0 Å². The molecule has 0 aliphatic carbocycles. The van der Waals surface area contributed by atoms with Crippen molar-refractivity contribution in [2.75, 3.05) is 46.4 Å². The molecule has 1 atom stereocenters. The number of hydrogen-bond donors (Lipinski definition) is 0. The van der Waals surface area contributed by atoms with Crippen LogP contribution in [0.4, 0.5) is 0 Å². The Morgan fingerprint density at radius 3 is 2.86 bits per heavy atom. The van der Waals surface area contributed by atoms with Gasteiger partial charge in [-0.3, -0.25) is 4.79 Å². The lowest BCUT2D eigenvalue weighted by Crippen LogP contribution is -2.41. The minimum atomic E-state index is 0.0318. The number of nitrogens with zero attached hydrogens (tertiary/aromatic N) is 3. The molecule has 0 unspecified atom stereocenters. The second-order valence-corrected chi connectivity index (χ2v) is 5.95. The van der Waals surface area contributed by atoms with E-state index in [1.165, 1.54) is 6.42 Å². The number of aromatic nitrogens is 1. The third-order valence-electron chi connectivity index (χ3n) is 4.33. The van der Waals surface area contributed by atoms with E-state index in [-0.39, 0.29) is 5.91 Å². The zero-order valence-corrected chi connectivity index (χ0v) is 12.6. The molecule has 1 aromatic heterocycles. The molecule has 0 bridgehead atoms. The number of carbonyl (C=O) groups excluding carboxylic acids is 1. The summed E-state index contributed by atoms with van der Waals surface area (Å²) in [6.07, 6.45) is 2.36. The summed E-state index contributed by atoms with van der Waals surface area (Å²) in [5, 5.41) is 0. The number of rotatable bonds is 2. The lowest BCUT2D eigenvalue weighted by Gasteiger charge is -2.30. The van der Waals surface area contributed by atoms with Gasteiger partial charge in [-0.2, -0.15) is 0 Å². The average molecular weight is 289 g/mol. The van der Waals surface area contributed by atoms with Gasteiger partial charge < -0.3 is 14.5 Å². The van der Waals surface area contributed by atoms with Crippen molar-refractivity contribution in [3.8, 4) is 0 Å². The maximum absolute atomic E-state index is 12.5. The summed E-state index contributed by atoms with van der Waals surface area (Å²) in [7, 11) is 2.15. The predicted molar refractivity (Wildman–Crippen MR) is 80.4 cm³/mol. The average Bonchev–Trinajstić information content (AvgIpc) is 2.55. The van der Waals surface area contributed by atoms with Crippen molar-refractivity contribution in [3.63, 3.8) is 0 Å². The zero-order chi connectivity index (χ0) is 14.7. The molecular weight excluding hydrogens is 266 g/mol. The minimum absolute atomic E-state index is 0.0318. The van der Waals surface area contributed by atoms with Gasteiger partial charge in [-0.05, 0) is 38.6 Å². The number of likely N-dealkylation sites (N-methyl/N-ethyl adjacent to an activating group) is 1. The third-order valence-corrected chi connectivity index (χ3v) is 4.33. The smallest absolute Gasteiger partial charge is 0.272 e. The number of likely N-dealkylation sites (tertiary alicyclic amines) is 1. The Labute approximate surface area is 125 Å². The van der Waals surface area contributed by atoms with Crippen LogP contribution in [-0.2, 0) is 4.74 Å². The maximum Gasteiger partial charge on any atom is 0.272 e. The summed E-state index contributed by atoms with van der Waals surface area (Å²) in [6, 6.07) is 5.85. The number of amides is 1. The first-order valence-corrected chi connectivity index (χ1v) is 7.76. The molecule has 3 heterocycles. The van der Waals surface area contributed by atoms with Crippen LogP contribution in [0.2, 0.25) is 0 Å². The van der Waals surface area contributed by atoms with Gasteiger partial charge in [0.25, 0.3) is 5.91 Å². The van der Waals surface area contributed by atoms with E-state index in [2.05, 4.69) is 23.0 Å². The lowest BCUT2D eigenvalue weighted by atomic mass is 9.94. The molecule has 0 spiro atoms. The van der Waals surface area contributed by atoms with Crippen molar-refractivity contribution in [1.29, 1.82) is 0 Å². The molecule has 1 amide bonds. The van der Waals surface area contributed by atoms with Crippen LogP contribution in [0.5, 0.6) is 0 Å². The molecule has 5 nitrogen and oxygen atoms in total. The van der Waals surface area contributed by atoms with E-state index < -0.39 is 0 Å². The molecule has 114 valence electrons.